The van der Waals surface area contributed by atoms with Crippen molar-refractivity contribution in [3.05, 3.63) is 69.6 Å². The minimum Gasteiger partial charge on any atom is -0.306 e. The molecule has 0 aliphatic rings. The maximum absolute atomic E-state index is 6.29. The molecule has 0 spiro atoms. The van der Waals surface area contributed by atoms with Gasteiger partial charge in [-0.15, -0.1) is 11.3 Å². The number of halogens is 1. The fourth-order valence-corrected chi connectivity index (χ4v) is 3.55. The molecule has 21 heavy (non-hydrogen) atoms. The number of thiophene rings is 1. The van der Waals surface area contributed by atoms with E-state index < -0.39 is 0 Å². The summed E-state index contributed by atoms with van der Waals surface area (Å²) in [6.45, 7) is 2.96. The molecule has 0 saturated heterocycles. The molecular formula is C16H16ClN3S. The van der Waals surface area contributed by atoms with E-state index in [9.17, 15) is 0 Å². The Kier molecular flexibility index (Phi) is 4.39. The van der Waals surface area contributed by atoms with E-state index in [1.165, 1.54) is 0 Å². The SMILES string of the molecule is CCNC(c1cnn(-c2ccccc2)c1)c1sccc1Cl. The molecule has 1 atom stereocenters. The number of nitrogens with one attached hydrogen (secondary N) is 1. The Balaban J connectivity index is 1.95. The van der Waals surface area contributed by atoms with Gasteiger partial charge in [-0.1, -0.05) is 36.7 Å². The van der Waals surface area contributed by atoms with Crippen LogP contribution in [0.15, 0.2) is 54.2 Å². The van der Waals surface area contributed by atoms with Crippen LogP contribution < -0.4 is 5.32 Å². The largest absolute Gasteiger partial charge is 0.306 e. The Labute approximate surface area is 133 Å². The molecule has 5 heteroatoms. The zero-order chi connectivity index (χ0) is 14.7. The average molecular weight is 318 g/mol. The van der Waals surface area contributed by atoms with E-state index in [-0.39, 0.29) is 6.04 Å². The molecule has 1 aromatic carbocycles. The van der Waals surface area contributed by atoms with Crippen LogP contribution in [-0.4, -0.2) is 16.3 Å². The highest BCUT2D eigenvalue weighted by Crippen LogP contribution is 2.32. The Morgan fingerprint density at radius 2 is 2.10 bits per heavy atom. The van der Waals surface area contributed by atoms with E-state index >= 15 is 0 Å². The molecule has 108 valence electrons. The highest BCUT2D eigenvalue weighted by molar-refractivity contribution is 7.10. The maximum Gasteiger partial charge on any atom is 0.0717 e. The van der Waals surface area contributed by atoms with Gasteiger partial charge in [0.05, 0.1) is 22.9 Å². The third-order valence-electron chi connectivity index (χ3n) is 3.27. The summed E-state index contributed by atoms with van der Waals surface area (Å²) < 4.78 is 1.89. The van der Waals surface area contributed by atoms with Gasteiger partial charge in [-0.05, 0) is 30.1 Å². The molecule has 0 bridgehead atoms. The van der Waals surface area contributed by atoms with Gasteiger partial charge in [0.15, 0.2) is 0 Å². The smallest absolute Gasteiger partial charge is 0.0717 e. The number of para-hydroxylation sites is 1. The topological polar surface area (TPSA) is 29.9 Å². The summed E-state index contributed by atoms with van der Waals surface area (Å²) in [5, 5.41) is 10.8. The highest BCUT2D eigenvalue weighted by Gasteiger charge is 2.19. The molecular weight excluding hydrogens is 302 g/mol. The summed E-state index contributed by atoms with van der Waals surface area (Å²) in [4.78, 5) is 1.13. The molecule has 0 saturated carbocycles. The first-order valence-corrected chi connectivity index (χ1v) is 8.11. The van der Waals surface area contributed by atoms with Crippen molar-refractivity contribution in [1.82, 2.24) is 15.1 Å². The van der Waals surface area contributed by atoms with Crippen molar-refractivity contribution < 1.29 is 0 Å². The molecule has 0 radical (unpaired) electrons. The van der Waals surface area contributed by atoms with Gasteiger partial charge in [-0.3, -0.25) is 0 Å². The summed E-state index contributed by atoms with van der Waals surface area (Å²) in [5.74, 6) is 0. The normalized spacial score (nSPS) is 12.5. The number of aromatic nitrogens is 2. The number of rotatable bonds is 5. The minimum absolute atomic E-state index is 0.0833. The van der Waals surface area contributed by atoms with Gasteiger partial charge in [0.25, 0.3) is 0 Å². The molecule has 0 aliphatic carbocycles. The van der Waals surface area contributed by atoms with Crippen LogP contribution in [-0.2, 0) is 0 Å². The monoisotopic (exact) mass is 317 g/mol. The van der Waals surface area contributed by atoms with Crippen LogP contribution >= 0.6 is 22.9 Å². The van der Waals surface area contributed by atoms with Crippen LogP contribution in [0.3, 0.4) is 0 Å². The van der Waals surface area contributed by atoms with E-state index in [2.05, 4.69) is 23.5 Å². The average Bonchev–Trinajstić information content (AvgIpc) is 3.15. The third kappa shape index (κ3) is 3.02. The minimum atomic E-state index is 0.0833. The molecule has 0 aliphatic heterocycles. The van der Waals surface area contributed by atoms with Crippen LogP contribution in [0.1, 0.15) is 23.4 Å². The van der Waals surface area contributed by atoms with Crippen LogP contribution in [0.5, 0.6) is 0 Å². The number of hydrogen-bond donors (Lipinski definition) is 1. The first kappa shape index (κ1) is 14.3. The van der Waals surface area contributed by atoms with Crippen LogP contribution in [0.25, 0.3) is 5.69 Å². The molecule has 3 rings (SSSR count). The molecule has 1 unspecified atom stereocenters. The number of benzene rings is 1. The highest BCUT2D eigenvalue weighted by atomic mass is 35.5. The van der Waals surface area contributed by atoms with Gasteiger partial charge in [0.2, 0.25) is 0 Å². The molecule has 2 aromatic heterocycles. The molecule has 0 fully saturated rings. The summed E-state index contributed by atoms with van der Waals surface area (Å²) in [7, 11) is 0. The Morgan fingerprint density at radius 1 is 1.29 bits per heavy atom. The first-order chi connectivity index (χ1) is 10.3. The van der Waals surface area contributed by atoms with E-state index in [1.54, 1.807) is 11.3 Å². The first-order valence-electron chi connectivity index (χ1n) is 6.86. The van der Waals surface area contributed by atoms with Crippen LogP contribution in [0.2, 0.25) is 5.02 Å². The van der Waals surface area contributed by atoms with Gasteiger partial charge in [-0.2, -0.15) is 5.10 Å². The lowest BCUT2D eigenvalue weighted by atomic mass is 10.1. The lowest BCUT2D eigenvalue weighted by Crippen LogP contribution is -2.20. The lowest BCUT2D eigenvalue weighted by molar-refractivity contribution is 0.639. The second-order valence-corrected chi connectivity index (χ2v) is 6.03. The van der Waals surface area contributed by atoms with E-state index in [4.69, 9.17) is 11.6 Å². The van der Waals surface area contributed by atoms with E-state index in [0.717, 1.165) is 27.7 Å². The van der Waals surface area contributed by atoms with Gasteiger partial charge in [-0.25, -0.2) is 4.68 Å². The molecule has 3 nitrogen and oxygen atoms in total. The molecule has 1 N–H and O–H groups in total. The summed E-state index contributed by atoms with van der Waals surface area (Å²) >= 11 is 7.95. The molecule has 3 aromatic rings. The maximum atomic E-state index is 6.29. The standard InChI is InChI=1S/C16H16ClN3S/c1-2-18-15(16-14(17)8-9-21-16)12-10-19-20(11-12)13-6-4-3-5-7-13/h3-11,15,18H,2H2,1H3. The molecule has 0 amide bonds. The van der Waals surface area contributed by atoms with Gasteiger partial charge >= 0.3 is 0 Å². The summed E-state index contributed by atoms with van der Waals surface area (Å²) in [6.07, 6.45) is 3.95. The van der Waals surface area contributed by atoms with Crippen molar-refractivity contribution >= 4 is 22.9 Å². The number of hydrogen-bond acceptors (Lipinski definition) is 3. The van der Waals surface area contributed by atoms with Crippen molar-refractivity contribution in [2.75, 3.05) is 6.54 Å². The fraction of sp³-hybridized carbons (Fsp3) is 0.188. The Bertz CT molecular complexity index is 705. The fourth-order valence-electron chi connectivity index (χ4n) is 2.29. The second-order valence-electron chi connectivity index (χ2n) is 4.68. The zero-order valence-corrected chi connectivity index (χ0v) is 13.2. The van der Waals surface area contributed by atoms with Crippen molar-refractivity contribution in [3.8, 4) is 5.69 Å². The predicted octanol–water partition coefficient (Wildman–Crippen LogP) is 4.29. The Hall–Kier alpha value is -1.62. The second kappa shape index (κ2) is 6.43. The van der Waals surface area contributed by atoms with Gasteiger partial charge in [0, 0.05) is 16.6 Å². The predicted molar refractivity (Wildman–Crippen MR) is 88.4 cm³/mol. The quantitative estimate of drug-likeness (QED) is 0.761. The van der Waals surface area contributed by atoms with Crippen molar-refractivity contribution in [2.45, 2.75) is 13.0 Å². The van der Waals surface area contributed by atoms with E-state index in [1.807, 2.05) is 52.7 Å². The van der Waals surface area contributed by atoms with Crippen molar-refractivity contribution in [2.24, 2.45) is 0 Å². The summed E-state index contributed by atoms with van der Waals surface area (Å²) in [5.41, 5.74) is 2.17. The zero-order valence-electron chi connectivity index (χ0n) is 11.7. The van der Waals surface area contributed by atoms with Gasteiger partial charge in [0.1, 0.15) is 0 Å². The van der Waals surface area contributed by atoms with Crippen molar-refractivity contribution in [3.63, 3.8) is 0 Å². The Morgan fingerprint density at radius 3 is 2.76 bits per heavy atom. The van der Waals surface area contributed by atoms with Crippen molar-refractivity contribution in [1.29, 1.82) is 0 Å². The van der Waals surface area contributed by atoms with Gasteiger partial charge < -0.3 is 5.32 Å². The number of nitrogens with zero attached hydrogens (tertiary/aromatic N) is 2. The lowest BCUT2D eigenvalue weighted by Gasteiger charge is -2.15. The summed E-state index contributed by atoms with van der Waals surface area (Å²) in [6, 6.07) is 12.1. The van der Waals surface area contributed by atoms with Crippen LogP contribution in [0.4, 0.5) is 0 Å². The van der Waals surface area contributed by atoms with Crippen LogP contribution in [0, 0.1) is 0 Å². The van der Waals surface area contributed by atoms with E-state index in [0.29, 0.717) is 0 Å². The molecule has 2 heterocycles. The third-order valence-corrected chi connectivity index (χ3v) is 4.70.